The van der Waals surface area contributed by atoms with Crippen molar-refractivity contribution in [3.05, 3.63) is 22.4 Å². The number of carbonyl (C=O) groups is 2. The van der Waals surface area contributed by atoms with Gasteiger partial charge < -0.3 is 5.32 Å². The maximum atomic E-state index is 11.7. The first-order valence-corrected chi connectivity index (χ1v) is 7.29. The van der Waals surface area contributed by atoms with Gasteiger partial charge in [0, 0.05) is 16.1 Å². The molecule has 0 fully saturated rings. The quantitative estimate of drug-likeness (QED) is 0.645. The fourth-order valence-electron chi connectivity index (χ4n) is 1.50. The fourth-order valence-corrected chi connectivity index (χ4v) is 2.21. The Morgan fingerprint density at radius 2 is 2.00 bits per heavy atom. The molecular weight excluding hydrogens is 274 g/mol. The first-order chi connectivity index (χ1) is 9.26. The highest BCUT2D eigenvalue weighted by atomic mass is 32.1. The highest BCUT2D eigenvalue weighted by molar-refractivity contribution is 7.10. The van der Waals surface area contributed by atoms with Crippen LogP contribution in [0, 0.1) is 0 Å². The van der Waals surface area contributed by atoms with Crippen LogP contribution >= 0.6 is 11.3 Å². The normalized spacial score (nSPS) is 12.1. The van der Waals surface area contributed by atoms with Crippen LogP contribution in [0.15, 0.2) is 22.6 Å². The molecule has 0 atom stereocenters. The van der Waals surface area contributed by atoms with Gasteiger partial charge in [0.25, 0.3) is 0 Å². The van der Waals surface area contributed by atoms with Gasteiger partial charge in [-0.1, -0.05) is 6.07 Å². The number of hydrogen-bond acceptors (Lipinski definition) is 4. The van der Waals surface area contributed by atoms with Crippen LogP contribution in [-0.2, 0) is 16.0 Å². The second-order valence-electron chi connectivity index (χ2n) is 5.61. The molecule has 1 aromatic rings. The molecule has 0 spiro atoms. The van der Waals surface area contributed by atoms with E-state index < -0.39 is 0 Å². The van der Waals surface area contributed by atoms with E-state index in [1.807, 2.05) is 38.3 Å². The fraction of sp³-hybridized carbons (Fsp3) is 0.500. The summed E-state index contributed by atoms with van der Waals surface area (Å²) in [5, 5.41) is 8.70. The Hall–Kier alpha value is -1.69. The standard InChI is InChI=1S/C14H21N3O2S/c1-10(8-12(18)15-14(2,3)4)16-17-13(19)9-11-6-5-7-20-11/h5-7H,8-9H2,1-4H3,(H,15,18)(H,17,19). The van der Waals surface area contributed by atoms with Crippen molar-refractivity contribution in [1.29, 1.82) is 0 Å². The van der Waals surface area contributed by atoms with E-state index in [2.05, 4.69) is 15.8 Å². The second kappa shape index (κ2) is 7.19. The third kappa shape index (κ3) is 7.04. The average molecular weight is 295 g/mol. The van der Waals surface area contributed by atoms with Crippen molar-refractivity contribution in [3.63, 3.8) is 0 Å². The van der Waals surface area contributed by atoms with E-state index in [1.54, 1.807) is 6.92 Å². The summed E-state index contributed by atoms with van der Waals surface area (Å²) in [6.07, 6.45) is 0.485. The summed E-state index contributed by atoms with van der Waals surface area (Å²) in [6.45, 7) is 7.47. The van der Waals surface area contributed by atoms with Crippen LogP contribution in [0.5, 0.6) is 0 Å². The van der Waals surface area contributed by atoms with Crippen LogP contribution in [0.2, 0.25) is 0 Å². The number of carbonyl (C=O) groups excluding carboxylic acids is 2. The van der Waals surface area contributed by atoms with E-state index in [0.29, 0.717) is 12.1 Å². The minimum absolute atomic E-state index is 0.105. The summed E-state index contributed by atoms with van der Waals surface area (Å²) in [7, 11) is 0. The van der Waals surface area contributed by atoms with Crippen molar-refractivity contribution in [2.24, 2.45) is 5.10 Å². The molecule has 2 amide bonds. The molecule has 20 heavy (non-hydrogen) atoms. The number of amides is 2. The van der Waals surface area contributed by atoms with E-state index in [0.717, 1.165) is 4.88 Å². The molecule has 0 aliphatic heterocycles. The Bertz CT molecular complexity index is 487. The van der Waals surface area contributed by atoms with E-state index >= 15 is 0 Å². The van der Waals surface area contributed by atoms with E-state index in [-0.39, 0.29) is 23.8 Å². The number of hydrazone groups is 1. The van der Waals surface area contributed by atoms with Gasteiger partial charge in [-0.3, -0.25) is 9.59 Å². The van der Waals surface area contributed by atoms with Crippen LogP contribution in [0.3, 0.4) is 0 Å². The van der Waals surface area contributed by atoms with Crippen molar-refractivity contribution < 1.29 is 9.59 Å². The molecular formula is C14H21N3O2S. The number of thiophene rings is 1. The monoisotopic (exact) mass is 295 g/mol. The van der Waals surface area contributed by atoms with Crippen molar-refractivity contribution in [2.45, 2.75) is 46.1 Å². The molecule has 1 rings (SSSR count). The summed E-state index contributed by atoms with van der Waals surface area (Å²) in [5.41, 5.74) is 2.78. The van der Waals surface area contributed by atoms with Crippen molar-refractivity contribution in [3.8, 4) is 0 Å². The van der Waals surface area contributed by atoms with Crippen molar-refractivity contribution in [1.82, 2.24) is 10.7 Å². The molecule has 0 aliphatic carbocycles. The summed E-state index contributed by atoms with van der Waals surface area (Å²) < 4.78 is 0. The molecule has 1 aromatic heterocycles. The van der Waals surface area contributed by atoms with E-state index in [1.165, 1.54) is 11.3 Å². The molecule has 0 radical (unpaired) electrons. The van der Waals surface area contributed by atoms with Gasteiger partial charge in [0.05, 0.1) is 12.8 Å². The molecule has 0 aromatic carbocycles. The predicted molar refractivity (Wildman–Crippen MR) is 81.8 cm³/mol. The maximum absolute atomic E-state index is 11.7. The van der Waals surface area contributed by atoms with E-state index in [9.17, 15) is 9.59 Å². The van der Waals surface area contributed by atoms with E-state index in [4.69, 9.17) is 0 Å². The lowest BCUT2D eigenvalue weighted by Crippen LogP contribution is -2.41. The smallest absolute Gasteiger partial charge is 0.245 e. The number of hydrogen-bond donors (Lipinski definition) is 2. The summed E-state index contributed by atoms with van der Waals surface area (Å²) in [4.78, 5) is 24.3. The van der Waals surface area contributed by atoms with Crippen LogP contribution in [0.4, 0.5) is 0 Å². The van der Waals surface area contributed by atoms with Gasteiger partial charge in [-0.25, -0.2) is 5.43 Å². The molecule has 110 valence electrons. The average Bonchev–Trinajstić information content (AvgIpc) is 2.76. The van der Waals surface area contributed by atoms with Gasteiger partial charge in [0.15, 0.2) is 0 Å². The van der Waals surface area contributed by atoms with Gasteiger partial charge in [0.1, 0.15) is 0 Å². The van der Waals surface area contributed by atoms with Gasteiger partial charge >= 0.3 is 0 Å². The Labute approximate surface area is 123 Å². The number of rotatable bonds is 5. The van der Waals surface area contributed by atoms with Gasteiger partial charge in [-0.2, -0.15) is 5.10 Å². The molecule has 6 heteroatoms. The van der Waals surface area contributed by atoms with Crippen LogP contribution in [-0.4, -0.2) is 23.1 Å². The third-order valence-corrected chi connectivity index (χ3v) is 3.09. The highest BCUT2D eigenvalue weighted by Crippen LogP contribution is 2.08. The zero-order valence-corrected chi connectivity index (χ0v) is 13.1. The van der Waals surface area contributed by atoms with Crippen LogP contribution in [0.1, 0.15) is 39.0 Å². The highest BCUT2D eigenvalue weighted by Gasteiger charge is 2.14. The van der Waals surface area contributed by atoms with Crippen molar-refractivity contribution in [2.75, 3.05) is 0 Å². The molecule has 0 bridgehead atoms. The first kappa shape index (κ1) is 16.4. The minimum Gasteiger partial charge on any atom is -0.351 e. The first-order valence-electron chi connectivity index (χ1n) is 6.41. The molecule has 0 unspecified atom stereocenters. The Morgan fingerprint density at radius 3 is 2.55 bits per heavy atom. The SMILES string of the molecule is CC(CC(=O)NC(C)(C)C)=NNC(=O)Cc1cccs1. The lowest BCUT2D eigenvalue weighted by molar-refractivity contribution is -0.122. The zero-order valence-electron chi connectivity index (χ0n) is 12.3. The topological polar surface area (TPSA) is 70.6 Å². The van der Waals surface area contributed by atoms with Crippen molar-refractivity contribution >= 4 is 28.9 Å². The molecule has 0 saturated carbocycles. The molecule has 5 nitrogen and oxygen atoms in total. The summed E-state index contributed by atoms with van der Waals surface area (Å²) in [6, 6.07) is 3.80. The van der Waals surface area contributed by atoms with Crippen LogP contribution < -0.4 is 10.7 Å². The van der Waals surface area contributed by atoms with Gasteiger partial charge in [-0.05, 0) is 39.1 Å². The Balaban J connectivity index is 2.37. The molecule has 2 N–H and O–H groups in total. The van der Waals surface area contributed by atoms with Crippen LogP contribution in [0.25, 0.3) is 0 Å². The number of nitrogens with one attached hydrogen (secondary N) is 2. The number of nitrogens with zero attached hydrogens (tertiary/aromatic N) is 1. The maximum Gasteiger partial charge on any atom is 0.245 e. The lowest BCUT2D eigenvalue weighted by atomic mass is 10.1. The molecule has 0 aliphatic rings. The summed E-state index contributed by atoms with van der Waals surface area (Å²) >= 11 is 1.53. The molecule has 1 heterocycles. The third-order valence-electron chi connectivity index (χ3n) is 2.22. The minimum atomic E-state index is -0.264. The predicted octanol–water partition coefficient (Wildman–Crippen LogP) is 2.09. The zero-order chi connectivity index (χ0) is 15.2. The van der Waals surface area contributed by atoms with Gasteiger partial charge in [-0.15, -0.1) is 11.3 Å². The summed E-state index contributed by atoms with van der Waals surface area (Å²) in [5.74, 6) is -0.283. The molecule has 0 saturated heterocycles. The Kier molecular flexibility index (Phi) is 5.88. The Morgan fingerprint density at radius 1 is 1.30 bits per heavy atom. The largest absolute Gasteiger partial charge is 0.351 e. The van der Waals surface area contributed by atoms with Gasteiger partial charge in [0.2, 0.25) is 11.8 Å². The lowest BCUT2D eigenvalue weighted by Gasteiger charge is -2.20. The second-order valence-corrected chi connectivity index (χ2v) is 6.65.